The van der Waals surface area contributed by atoms with E-state index in [9.17, 15) is 14.8 Å². The summed E-state index contributed by atoms with van der Waals surface area (Å²) < 4.78 is 13.3. The quantitative estimate of drug-likeness (QED) is 0.486. The molecule has 6 nitrogen and oxygen atoms in total. The molecular weight excluding hydrogens is 215 g/mol. The fourth-order valence-corrected chi connectivity index (χ4v) is 1.38. The van der Waals surface area contributed by atoms with Crippen molar-refractivity contribution in [3.05, 3.63) is 40.1 Å². The van der Waals surface area contributed by atoms with Gasteiger partial charge >= 0.3 is 11.5 Å². The number of fused-ring (bicyclic) bond motifs is 1. The van der Waals surface area contributed by atoms with E-state index in [1.807, 2.05) is 0 Å². The van der Waals surface area contributed by atoms with E-state index in [1.54, 1.807) is 0 Å². The van der Waals surface area contributed by atoms with E-state index in [2.05, 4.69) is 0 Å². The van der Waals surface area contributed by atoms with E-state index in [0.717, 1.165) is 18.2 Å². The van der Waals surface area contributed by atoms with Gasteiger partial charge in [0.15, 0.2) is 6.07 Å². The Morgan fingerprint density at radius 2 is 1.94 bits per heavy atom. The Balaban J connectivity index is 3.03. The number of nitriles is 1. The molecule has 0 aliphatic rings. The summed E-state index contributed by atoms with van der Waals surface area (Å²) in [5.74, 6) is -1.21. The van der Waals surface area contributed by atoms with E-state index in [0.29, 0.717) is 0 Å². The Morgan fingerprint density at radius 1 is 1.25 bits per heavy atom. The van der Waals surface area contributed by atoms with Gasteiger partial charge in [0.2, 0.25) is 5.52 Å². The third kappa shape index (κ3) is 1.17. The van der Waals surface area contributed by atoms with Gasteiger partial charge in [-0.05, 0) is 6.07 Å². The lowest BCUT2D eigenvalue weighted by atomic mass is 10.2. The number of hydrogen-bond donors (Lipinski definition) is 1. The minimum Gasteiger partial charge on any atom is -0.710 e. The average molecular weight is 220 g/mol. The van der Waals surface area contributed by atoms with E-state index >= 15 is 0 Å². The van der Waals surface area contributed by atoms with E-state index in [1.165, 1.54) is 6.07 Å². The van der Waals surface area contributed by atoms with Crippen LogP contribution >= 0.6 is 0 Å². The Hall–Kier alpha value is -2.62. The molecule has 7 heteroatoms. The molecule has 0 aliphatic heterocycles. The molecule has 0 fully saturated rings. The molecule has 0 saturated heterocycles. The van der Waals surface area contributed by atoms with Crippen LogP contribution in [0.4, 0.5) is 10.2 Å². The number of halogens is 1. The second kappa shape index (κ2) is 3.20. The van der Waals surface area contributed by atoms with E-state index in [-0.39, 0.29) is 20.5 Å². The van der Waals surface area contributed by atoms with Crippen molar-refractivity contribution in [1.29, 1.82) is 5.26 Å². The number of aromatic nitrogens is 2. The molecule has 0 radical (unpaired) electrons. The topological polar surface area (TPSA) is 104 Å². The van der Waals surface area contributed by atoms with Crippen molar-refractivity contribution in [3.8, 4) is 6.07 Å². The molecule has 2 rings (SSSR count). The molecule has 1 aromatic carbocycles. The molecule has 2 aromatic rings. The van der Waals surface area contributed by atoms with Crippen LogP contribution in [0.25, 0.3) is 11.0 Å². The van der Waals surface area contributed by atoms with Crippen molar-refractivity contribution in [2.75, 3.05) is 5.73 Å². The summed E-state index contributed by atoms with van der Waals surface area (Å²) in [4.78, 5) is 0. The lowest BCUT2D eigenvalue weighted by Gasteiger charge is -2.10. The molecule has 80 valence electrons. The van der Waals surface area contributed by atoms with Gasteiger partial charge < -0.3 is 10.4 Å². The van der Waals surface area contributed by atoms with Crippen molar-refractivity contribution in [3.63, 3.8) is 0 Å². The third-order valence-electron chi connectivity index (χ3n) is 2.15. The number of nitrogens with zero attached hydrogens (tertiary/aromatic N) is 3. The zero-order valence-electron chi connectivity index (χ0n) is 7.85. The number of hydrogen-bond acceptors (Lipinski definition) is 4. The molecule has 0 atom stereocenters. The smallest absolute Gasteiger partial charge is 0.385 e. The van der Waals surface area contributed by atoms with Crippen molar-refractivity contribution >= 4 is 16.9 Å². The molecule has 0 spiro atoms. The lowest BCUT2D eigenvalue weighted by Crippen LogP contribution is -2.43. The summed E-state index contributed by atoms with van der Waals surface area (Å²) in [6.45, 7) is 0. The first kappa shape index (κ1) is 9.92. The van der Waals surface area contributed by atoms with E-state index in [4.69, 9.17) is 11.0 Å². The first-order chi connectivity index (χ1) is 7.56. The summed E-state index contributed by atoms with van der Waals surface area (Å²) in [6.07, 6.45) is 0. The van der Waals surface area contributed by atoms with Crippen LogP contribution in [0, 0.1) is 27.6 Å². The second-order valence-corrected chi connectivity index (χ2v) is 3.07. The zero-order chi connectivity index (χ0) is 11.9. The lowest BCUT2D eigenvalue weighted by molar-refractivity contribution is -0.620. The van der Waals surface area contributed by atoms with Crippen LogP contribution in [-0.2, 0) is 0 Å². The Bertz CT molecular complexity index is 636. The fourth-order valence-electron chi connectivity index (χ4n) is 1.38. The average Bonchev–Trinajstić information content (AvgIpc) is 2.27. The van der Waals surface area contributed by atoms with Gasteiger partial charge in [-0.1, -0.05) is 0 Å². The highest BCUT2D eigenvalue weighted by atomic mass is 19.1. The molecule has 1 aromatic heterocycles. The summed E-state index contributed by atoms with van der Waals surface area (Å²) in [5.41, 5.74) is 4.46. The largest absolute Gasteiger partial charge is 0.710 e. The number of nitrogen functional groups attached to an aromatic ring is 1. The fraction of sp³-hybridized carbons (Fsp3) is 0. The SMILES string of the molecule is N#Cc1c(N)[n+]([O-])c2cc(F)ccc2[n+]1[O-]. The first-order valence-electron chi connectivity index (χ1n) is 4.20. The summed E-state index contributed by atoms with van der Waals surface area (Å²) in [7, 11) is 0. The van der Waals surface area contributed by atoms with Gasteiger partial charge in [-0.15, -0.1) is 4.73 Å². The minimum absolute atomic E-state index is 0.109. The van der Waals surface area contributed by atoms with Gasteiger partial charge in [-0.3, -0.25) is 5.73 Å². The zero-order valence-corrected chi connectivity index (χ0v) is 7.85. The molecule has 0 saturated carbocycles. The number of nitrogens with two attached hydrogens (primary N) is 1. The summed E-state index contributed by atoms with van der Waals surface area (Å²) >= 11 is 0. The van der Waals surface area contributed by atoms with Crippen LogP contribution in [-0.4, -0.2) is 0 Å². The van der Waals surface area contributed by atoms with Gasteiger partial charge in [0.05, 0.1) is 0 Å². The van der Waals surface area contributed by atoms with Crippen LogP contribution < -0.4 is 15.2 Å². The Kier molecular flexibility index (Phi) is 1.98. The van der Waals surface area contributed by atoms with Gasteiger partial charge in [0.25, 0.3) is 5.52 Å². The monoisotopic (exact) mass is 220 g/mol. The normalized spacial score (nSPS) is 10.2. The van der Waals surface area contributed by atoms with Gasteiger partial charge in [-0.2, -0.15) is 5.26 Å². The van der Waals surface area contributed by atoms with Gasteiger partial charge in [-0.25, -0.2) is 9.12 Å². The second-order valence-electron chi connectivity index (χ2n) is 3.07. The first-order valence-corrected chi connectivity index (χ1v) is 4.20. The van der Waals surface area contributed by atoms with Crippen molar-refractivity contribution in [1.82, 2.24) is 0 Å². The molecule has 16 heavy (non-hydrogen) atoms. The Morgan fingerprint density at radius 3 is 2.56 bits per heavy atom. The number of benzene rings is 1. The number of anilines is 1. The standard InChI is InChI=1S/C9H5FN4O2/c10-5-1-2-6-7(3-5)14(16)9(12)8(4-11)13(6)15/h1-3H,12H2. The molecule has 0 aliphatic carbocycles. The highest BCUT2D eigenvalue weighted by Gasteiger charge is 2.23. The summed E-state index contributed by atoms with van der Waals surface area (Å²) in [6, 6.07) is 4.54. The van der Waals surface area contributed by atoms with Gasteiger partial charge in [0.1, 0.15) is 5.82 Å². The molecule has 1 heterocycles. The van der Waals surface area contributed by atoms with Crippen molar-refractivity contribution in [2.45, 2.75) is 0 Å². The maximum absolute atomic E-state index is 12.9. The maximum atomic E-state index is 12.9. The van der Waals surface area contributed by atoms with Crippen LogP contribution in [0.2, 0.25) is 0 Å². The van der Waals surface area contributed by atoms with Crippen molar-refractivity contribution in [2.24, 2.45) is 0 Å². The third-order valence-corrected chi connectivity index (χ3v) is 2.15. The highest BCUT2D eigenvalue weighted by molar-refractivity contribution is 5.69. The minimum atomic E-state index is -0.666. The van der Waals surface area contributed by atoms with E-state index < -0.39 is 17.3 Å². The highest BCUT2D eigenvalue weighted by Crippen LogP contribution is 2.11. The van der Waals surface area contributed by atoms with Crippen LogP contribution in [0.1, 0.15) is 5.69 Å². The molecule has 0 bridgehead atoms. The number of rotatable bonds is 0. The molecule has 0 unspecified atom stereocenters. The Labute approximate surface area is 88.7 Å². The molecule has 0 amide bonds. The van der Waals surface area contributed by atoms with Crippen LogP contribution in [0.3, 0.4) is 0 Å². The van der Waals surface area contributed by atoms with Crippen LogP contribution in [0.5, 0.6) is 0 Å². The predicted octanol–water partition coefficient (Wildman–Crippen LogP) is -0.300. The molecule has 2 N–H and O–H groups in total. The van der Waals surface area contributed by atoms with Crippen LogP contribution in [0.15, 0.2) is 18.2 Å². The van der Waals surface area contributed by atoms with Crippen molar-refractivity contribution < 1.29 is 13.9 Å². The molecular formula is C9H5FN4O2. The van der Waals surface area contributed by atoms with Gasteiger partial charge in [0, 0.05) is 12.1 Å². The predicted molar refractivity (Wildman–Crippen MR) is 51.0 cm³/mol. The maximum Gasteiger partial charge on any atom is 0.385 e. The summed E-state index contributed by atoms with van der Waals surface area (Å²) in [5, 5.41) is 31.8.